The Bertz CT molecular complexity index is 2120. The third-order valence-corrected chi connectivity index (χ3v) is 8.47. The molecule has 7 rings (SSSR count). The lowest BCUT2D eigenvalue weighted by Gasteiger charge is -2.29. The van der Waals surface area contributed by atoms with Gasteiger partial charge in [-0.05, 0) is 92.0 Å². The van der Waals surface area contributed by atoms with E-state index in [1.54, 1.807) is 12.1 Å². The van der Waals surface area contributed by atoms with E-state index in [2.05, 4.69) is 62.1 Å². The van der Waals surface area contributed by atoms with Gasteiger partial charge in [0.25, 0.3) is 0 Å². The van der Waals surface area contributed by atoms with E-state index in [9.17, 15) is 0 Å². The van der Waals surface area contributed by atoms with Crippen molar-refractivity contribution in [2.45, 2.75) is 45.3 Å². The first-order valence-electron chi connectivity index (χ1n) is 17.5. The van der Waals surface area contributed by atoms with E-state index in [0.29, 0.717) is 22.3 Å². The second-order valence-electron chi connectivity index (χ2n) is 12.2. The van der Waals surface area contributed by atoms with Gasteiger partial charge in [-0.1, -0.05) is 125 Å². The standard InChI is InChI=1S/C41H37N/c1-40(2,3)31-21-19-28(20-22-31)34-17-11-12-18-39(34)42(32-15-7-6-8-16-32)33-23-24-37-36(27-33)35-25-29-13-9-10-14-30(29)26-38(35)41(37,4)5/h6-27H,1-5H3/i4D3,5D3. The van der Waals surface area contributed by atoms with Gasteiger partial charge in [-0.2, -0.15) is 0 Å². The normalized spacial score (nSPS) is 16.3. The highest BCUT2D eigenvalue weighted by Gasteiger charge is 2.36. The molecule has 0 aromatic heterocycles. The van der Waals surface area contributed by atoms with Crippen LogP contribution in [0, 0.1) is 0 Å². The fourth-order valence-corrected chi connectivity index (χ4v) is 6.21. The number of hydrogen-bond acceptors (Lipinski definition) is 1. The Hall–Kier alpha value is -4.62. The van der Waals surface area contributed by atoms with Crippen LogP contribution in [-0.2, 0) is 10.8 Å². The van der Waals surface area contributed by atoms with Crippen LogP contribution >= 0.6 is 0 Å². The maximum Gasteiger partial charge on any atom is 0.0540 e. The lowest BCUT2D eigenvalue weighted by Crippen LogP contribution is -2.15. The van der Waals surface area contributed by atoms with Crippen molar-refractivity contribution >= 4 is 27.8 Å². The molecular formula is C41H37N. The number of fused-ring (bicyclic) bond motifs is 4. The van der Waals surface area contributed by atoms with Crippen molar-refractivity contribution in [3.05, 3.63) is 150 Å². The second kappa shape index (κ2) is 9.74. The summed E-state index contributed by atoms with van der Waals surface area (Å²) in [5.41, 5.74) is 5.74. The van der Waals surface area contributed by atoms with Gasteiger partial charge in [-0.3, -0.25) is 0 Å². The molecule has 6 aromatic carbocycles. The van der Waals surface area contributed by atoms with Crippen LogP contribution in [0.4, 0.5) is 17.1 Å². The summed E-state index contributed by atoms with van der Waals surface area (Å²) in [6.45, 7) is 0.930. The molecule has 0 amide bonds. The van der Waals surface area contributed by atoms with Gasteiger partial charge in [0.2, 0.25) is 0 Å². The van der Waals surface area contributed by atoms with E-state index in [1.165, 1.54) is 5.56 Å². The largest absolute Gasteiger partial charge is 0.310 e. The van der Waals surface area contributed by atoms with E-state index >= 15 is 0 Å². The van der Waals surface area contributed by atoms with E-state index in [4.69, 9.17) is 8.22 Å². The first kappa shape index (κ1) is 20.3. The van der Waals surface area contributed by atoms with Crippen molar-refractivity contribution in [1.29, 1.82) is 0 Å². The second-order valence-corrected chi connectivity index (χ2v) is 12.2. The van der Waals surface area contributed by atoms with Crippen LogP contribution in [0.1, 0.15) is 59.4 Å². The molecule has 6 aromatic rings. The lowest BCUT2D eigenvalue weighted by molar-refractivity contribution is 0.590. The Morgan fingerprint density at radius 1 is 0.548 bits per heavy atom. The molecule has 0 fully saturated rings. The Labute approximate surface area is 258 Å². The highest BCUT2D eigenvalue weighted by Crippen LogP contribution is 2.52. The van der Waals surface area contributed by atoms with E-state index < -0.39 is 19.1 Å². The summed E-state index contributed by atoms with van der Waals surface area (Å²) in [5.74, 6) is 0. The molecule has 1 aliphatic carbocycles. The van der Waals surface area contributed by atoms with Crippen molar-refractivity contribution in [2.75, 3.05) is 4.90 Å². The lowest BCUT2D eigenvalue weighted by atomic mass is 9.82. The van der Waals surface area contributed by atoms with E-state index in [1.807, 2.05) is 84.9 Å². The number of benzene rings is 6. The highest BCUT2D eigenvalue weighted by atomic mass is 15.1. The molecule has 206 valence electrons. The molecular weight excluding hydrogens is 506 g/mol. The van der Waals surface area contributed by atoms with Crippen molar-refractivity contribution in [2.24, 2.45) is 0 Å². The van der Waals surface area contributed by atoms with Crippen molar-refractivity contribution < 1.29 is 8.22 Å². The van der Waals surface area contributed by atoms with Gasteiger partial charge in [-0.25, -0.2) is 0 Å². The molecule has 0 heterocycles. The van der Waals surface area contributed by atoms with Crippen molar-refractivity contribution in [3.8, 4) is 22.3 Å². The molecule has 0 aliphatic heterocycles. The summed E-state index contributed by atoms with van der Waals surface area (Å²) < 4.78 is 52.5. The van der Waals surface area contributed by atoms with Crippen LogP contribution in [0.3, 0.4) is 0 Å². The average Bonchev–Trinajstić information content (AvgIpc) is 3.34. The minimum Gasteiger partial charge on any atom is -0.310 e. The van der Waals surface area contributed by atoms with Crippen LogP contribution in [0.2, 0.25) is 0 Å². The molecule has 0 saturated heterocycles. The summed E-state index contributed by atoms with van der Waals surface area (Å²) in [5, 5.41) is 1.72. The molecule has 0 radical (unpaired) electrons. The third-order valence-electron chi connectivity index (χ3n) is 8.47. The van der Waals surface area contributed by atoms with E-state index in [0.717, 1.165) is 39.0 Å². The van der Waals surface area contributed by atoms with Crippen LogP contribution in [0.5, 0.6) is 0 Å². The maximum atomic E-state index is 8.75. The van der Waals surface area contributed by atoms with Crippen LogP contribution in [0.25, 0.3) is 33.0 Å². The Kier molecular flexibility index (Phi) is 4.70. The summed E-state index contributed by atoms with van der Waals surface area (Å²) in [6.07, 6.45) is 0. The molecule has 0 unspecified atom stereocenters. The molecule has 1 nitrogen and oxygen atoms in total. The van der Waals surface area contributed by atoms with Crippen LogP contribution in [-0.4, -0.2) is 0 Å². The fourth-order valence-electron chi connectivity index (χ4n) is 6.21. The zero-order valence-corrected chi connectivity index (χ0v) is 24.1. The smallest absolute Gasteiger partial charge is 0.0540 e. The van der Waals surface area contributed by atoms with Gasteiger partial charge in [0.1, 0.15) is 0 Å². The molecule has 0 N–H and O–H groups in total. The Morgan fingerprint density at radius 3 is 1.90 bits per heavy atom. The topological polar surface area (TPSA) is 3.24 Å². The third kappa shape index (κ3) is 4.32. The van der Waals surface area contributed by atoms with Gasteiger partial charge < -0.3 is 4.90 Å². The predicted molar refractivity (Wildman–Crippen MR) is 180 cm³/mol. The van der Waals surface area contributed by atoms with Crippen LogP contribution < -0.4 is 4.90 Å². The van der Waals surface area contributed by atoms with Gasteiger partial charge in [0, 0.05) is 30.6 Å². The minimum atomic E-state index is -2.84. The summed E-state index contributed by atoms with van der Waals surface area (Å²) in [6, 6.07) is 43.9. The minimum absolute atomic E-state index is 0.0266. The van der Waals surface area contributed by atoms with Gasteiger partial charge in [0.15, 0.2) is 0 Å². The molecule has 0 spiro atoms. The number of rotatable bonds is 4. The van der Waals surface area contributed by atoms with Crippen molar-refractivity contribution in [3.63, 3.8) is 0 Å². The number of para-hydroxylation sites is 2. The maximum absolute atomic E-state index is 8.75. The monoisotopic (exact) mass is 549 g/mol. The van der Waals surface area contributed by atoms with Gasteiger partial charge in [-0.15, -0.1) is 0 Å². The Balaban J connectivity index is 1.49. The molecule has 0 bridgehead atoms. The molecule has 0 saturated carbocycles. The Morgan fingerprint density at radius 2 is 1.19 bits per heavy atom. The zero-order valence-electron chi connectivity index (χ0n) is 30.1. The highest BCUT2D eigenvalue weighted by molar-refractivity contribution is 5.96. The van der Waals surface area contributed by atoms with Crippen molar-refractivity contribution in [1.82, 2.24) is 0 Å². The quantitative estimate of drug-likeness (QED) is 0.211. The average molecular weight is 550 g/mol. The SMILES string of the molecule is [2H]C([2H])([2H])C1(C([2H])([2H])[2H])c2ccc(N(c3ccccc3)c3ccccc3-c3ccc(C(C)(C)C)cc3)cc2-c2cc3ccccc3cc21. The molecule has 1 heteroatoms. The predicted octanol–water partition coefficient (Wildman–Crippen LogP) is 11.6. The van der Waals surface area contributed by atoms with E-state index in [-0.39, 0.29) is 5.41 Å². The molecule has 1 aliphatic rings. The van der Waals surface area contributed by atoms with Gasteiger partial charge >= 0.3 is 0 Å². The number of hydrogen-bond donors (Lipinski definition) is 0. The first-order chi connectivity index (χ1) is 22.7. The first-order valence-corrected chi connectivity index (χ1v) is 14.5. The molecule has 0 atom stereocenters. The van der Waals surface area contributed by atoms with Gasteiger partial charge in [0.05, 0.1) is 5.69 Å². The fraction of sp³-hybridized carbons (Fsp3) is 0.171. The van der Waals surface area contributed by atoms with Crippen LogP contribution in [0.15, 0.2) is 133 Å². The number of nitrogens with zero attached hydrogens (tertiary/aromatic N) is 1. The summed E-state index contributed by atoms with van der Waals surface area (Å²) in [4.78, 5) is 2.17. The number of anilines is 3. The zero-order chi connectivity index (χ0) is 34.1. The molecule has 42 heavy (non-hydrogen) atoms. The summed E-state index contributed by atoms with van der Waals surface area (Å²) >= 11 is 0. The summed E-state index contributed by atoms with van der Waals surface area (Å²) in [7, 11) is 0.